The van der Waals surface area contributed by atoms with E-state index in [9.17, 15) is 9.90 Å². The zero-order valence-corrected chi connectivity index (χ0v) is 17.9. The number of rotatable bonds is 6. The van der Waals surface area contributed by atoms with Gasteiger partial charge in [-0.05, 0) is 41.3 Å². The second-order valence-corrected chi connectivity index (χ2v) is 6.70. The van der Waals surface area contributed by atoms with E-state index in [1.807, 2.05) is 0 Å². The van der Waals surface area contributed by atoms with E-state index in [1.165, 1.54) is 11.8 Å². The van der Waals surface area contributed by atoms with E-state index < -0.39 is 0 Å². The van der Waals surface area contributed by atoms with Crippen LogP contribution in [0.2, 0.25) is 0 Å². The molecule has 0 heterocycles. The third-order valence-electron chi connectivity index (χ3n) is 5.08. The van der Waals surface area contributed by atoms with Crippen LogP contribution in [0, 0.1) is 0 Å². The molecule has 0 aliphatic heterocycles. The van der Waals surface area contributed by atoms with Crippen LogP contribution >= 0.6 is 0 Å². The Balaban J connectivity index is 2.42. The second kappa shape index (κ2) is 8.41. The number of methoxy groups -OCH3 is 4. The number of carbonyl (C=O) groups is 1. The number of fused-ring (bicyclic) bond motifs is 1. The molecule has 0 saturated carbocycles. The highest BCUT2D eigenvalue weighted by atomic mass is 16.5. The highest BCUT2D eigenvalue weighted by Crippen LogP contribution is 2.47. The smallest absolute Gasteiger partial charge is 0.223 e. The van der Waals surface area contributed by atoms with Crippen molar-refractivity contribution in [3.8, 4) is 39.9 Å². The molecule has 1 N–H and O–H groups in total. The number of carbonyl (C=O) groups excluding carboxylic acids is 1. The maximum Gasteiger partial charge on any atom is 0.223 e. The highest BCUT2D eigenvalue weighted by molar-refractivity contribution is 6.11. The van der Waals surface area contributed by atoms with Gasteiger partial charge in [-0.25, -0.2) is 0 Å². The highest BCUT2D eigenvalue weighted by Gasteiger charge is 2.23. The lowest BCUT2D eigenvalue weighted by Crippen LogP contribution is -2.23. The van der Waals surface area contributed by atoms with Crippen molar-refractivity contribution in [1.29, 1.82) is 0 Å². The van der Waals surface area contributed by atoms with Crippen molar-refractivity contribution < 1.29 is 28.8 Å². The first kappa shape index (κ1) is 21.1. The Bertz CT molecular complexity index is 1110. The van der Waals surface area contributed by atoms with Crippen molar-refractivity contribution in [3.05, 3.63) is 36.4 Å². The van der Waals surface area contributed by atoms with Gasteiger partial charge >= 0.3 is 0 Å². The van der Waals surface area contributed by atoms with E-state index in [2.05, 4.69) is 0 Å². The van der Waals surface area contributed by atoms with Crippen LogP contribution in [-0.2, 0) is 4.79 Å². The number of phenolic OH excluding ortho intramolecular Hbond substituents is 1. The van der Waals surface area contributed by atoms with E-state index in [1.54, 1.807) is 71.9 Å². The van der Waals surface area contributed by atoms with Crippen molar-refractivity contribution in [2.45, 2.75) is 6.92 Å². The Labute approximate surface area is 175 Å². The molecule has 0 bridgehead atoms. The number of hydrogen-bond acceptors (Lipinski definition) is 6. The van der Waals surface area contributed by atoms with Gasteiger partial charge in [0.1, 0.15) is 5.75 Å². The minimum atomic E-state index is -0.182. The van der Waals surface area contributed by atoms with Crippen molar-refractivity contribution in [3.63, 3.8) is 0 Å². The summed E-state index contributed by atoms with van der Waals surface area (Å²) in [6.07, 6.45) is 0. The van der Waals surface area contributed by atoms with E-state index in [4.69, 9.17) is 18.9 Å². The predicted octanol–water partition coefficient (Wildman–Crippen LogP) is 4.23. The first-order valence-corrected chi connectivity index (χ1v) is 9.24. The fourth-order valence-corrected chi connectivity index (χ4v) is 3.48. The Morgan fingerprint density at radius 1 is 0.833 bits per heavy atom. The molecule has 158 valence electrons. The summed E-state index contributed by atoms with van der Waals surface area (Å²) in [5.41, 5.74) is 1.71. The number of amides is 1. The van der Waals surface area contributed by atoms with Gasteiger partial charge in [-0.1, -0.05) is 6.07 Å². The molecule has 7 nitrogen and oxygen atoms in total. The average molecular weight is 411 g/mol. The van der Waals surface area contributed by atoms with Crippen LogP contribution in [0.5, 0.6) is 28.7 Å². The molecule has 30 heavy (non-hydrogen) atoms. The quantitative estimate of drug-likeness (QED) is 0.654. The molecule has 0 spiro atoms. The van der Waals surface area contributed by atoms with Gasteiger partial charge in [0, 0.05) is 24.9 Å². The van der Waals surface area contributed by atoms with Crippen LogP contribution in [-0.4, -0.2) is 46.5 Å². The Morgan fingerprint density at radius 3 is 1.97 bits per heavy atom. The molecular weight excluding hydrogens is 386 g/mol. The van der Waals surface area contributed by atoms with E-state index >= 15 is 0 Å². The molecule has 1 amide bonds. The second-order valence-electron chi connectivity index (χ2n) is 6.70. The van der Waals surface area contributed by atoms with Gasteiger partial charge in [0.2, 0.25) is 5.91 Å². The lowest BCUT2D eigenvalue weighted by Gasteiger charge is -2.24. The molecule has 3 aromatic carbocycles. The Hall–Kier alpha value is -3.61. The summed E-state index contributed by atoms with van der Waals surface area (Å²) in [4.78, 5) is 13.8. The van der Waals surface area contributed by atoms with Crippen molar-refractivity contribution in [2.75, 3.05) is 40.4 Å². The molecule has 0 radical (unpaired) electrons. The average Bonchev–Trinajstić information content (AvgIpc) is 2.76. The van der Waals surface area contributed by atoms with Gasteiger partial charge in [0.15, 0.2) is 23.0 Å². The molecule has 0 aliphatic rings. The van der Waals surface area contributed by atoms with Crippen LogP contribution < -0.4 is 23.8 Å². The fourth-order valence-electron chi connectivity index (χ4n) is 3.48. The molecule has 0 atom stereocenters. The van der Waals surface area contributed by atoms with E-state index in [0.29, 0.717) is 45.2 Å². The van der Waals surface area contributed by atoms with E-state index in [-0.39, 0.29) is 11.7 Å². The van der Waals surface area contributed by atoms with Crippen LogP contribution in [0.1, 0.15) is 6.92 Å². The molecule has 3 aromatic rings. The molecule has 3 rings (SSSR count). The topological polar surface area (TPSA) is 77.5 Å². The number of phenols is 1. The summed E-state index contributed by atoms with van der Waals surface area (Å²) in [6.45, 7) is 1.47. The zero-order valence-electron chi connectivity index (χ0n) is 17.9. The molecule has 0 unspecified atom stereocenters. The first-order valence-electron chi connectivity index (χ1n) is 9.24. The van der Waals surface area contributed by atoms with Gasteiger partial charge in [-0.2, -0.15) is 0 Å². The number of anilines is 1. The number of ether oxygens (including phenoxy) is 4. The van der Waals surface area contributed by atoms with Gasteiger partial charge in [0.25, 0.3) is 0 Å². The number of aromatic hydroxyl groups is 1. The van der Waals surface area contributed by atoms with Crippen LogP contribution in [0.4, 0.5) is 5.69 Å². The van der Waals surface area contributed by atoms with E-state index in [0.717, 1.165) is 5.39 Å². The summed E-state index contributed by atoms with van der Waals surface area (Å²) in [5, 5.41) is 12.4. The van der Waals surface area contributed by atoms with Crippen LogP contribution in [0.3, 0.4) is 0 Å². The molecule has 0 fully saturated rings. The van der Waals surface area contributed by atoms with Crippen molar-refractivity contribution >= 4 is 22.4 Å². The van der Waals surface area contributed by atoms with Gasteiger partial charge in [0.05, 0.1) is 34.1 Å². The first-order chi connectivity index (χ1) is 14.4. The minimum Gasteiger partial charge on any atom is -0.507 e. The Kier molecular flexibility index (Phi) is 5.91. The number of hydrogen-bond donors (Lipinski definition) is 1. The third kappa shape index (κ3) is 3.54. The molecule has 7 heteroatoms. The normalized spacial score (nSPS) is 10.6. The largest absolute Gasteiger partial charge is 0.507 e. The van der Waals surface area contributed by atoms with Crippen LogP contribution in [0.25, 0.3) is 21.9 Å². The van der Waals surface area contributed by atoms with Gasteiger partial charge in [-0.3, -0.25) is 4.79 Å². The molecule has 0 aromatic heterocycles. The summed E-state index contributed by atoms with van der Waals surface area (Å²) in [6, 6.07) is 10.5. The summed E-state index contributed by atoms with van der Waals surface area (Å²) >= 11 is 0. The number of nitrogens with zero attached hydrogens (tertiary/aromatic N) is 1. The standard InChI is InChI=1S/C23H25NO6/c1-13(25)24(2)23-16-12-21(30-6)20(29-5)11-15(16)9-17(26)22(23)14-7-8-18(27-3)19(10-14)28-4/h7-12,26H,1-6H3. The maximum atomic E-state index is 12.3. The zero-order chi connectivity index (χ0) is 22.0. The fraction of sp³-hybridized carbons (Fsp3) is 0.261. The lowest BCUT2D eigenvalue weighted by molar-refractivity contribution is -0.116. The molecule has 0 saturated heterocycles. The third-order valence-corrected chi connectivity index (χ3v) is 5.08. The maximum absolute atomic E-state index is 12.3. The molecular formula is C23H25NO6. The molecule has 0 aliphatic carbocycles. The predicted molar refractivity (Wildman–Crippen MR) is 116 cm³/mol. The van der Waals surface area contributed by atoms with Crippen molar-refractivity contribution in [1.82, 2.24) is 0 Å². The van der Waals surface area contributed by atoms with Gasteiger partial charge in [-0.15, -0.1) is 0 Å². The SMILES string of the molecule is COc1ccc(-c2c(O)cc3cc(OC)c(OC)cc3c2N(C)C(C)=O)cc1OC. The van der Waals surface area contributed by atoms with Gasteiger partial charge < -0.3 is 29.0 Å². The lowest BCUT2D eigenvalue weighted by atomic mass is 9.95. The van der Waals surface area contributed by atoms with Crippen molar-refractivity contribution in [2.24, 2.45) is 0 Å². The number of benzene rings is 3. The minimum absolute atomic E-state index is 0.0186. The van der Waals surface area contributed by atoms with Crippen LogP contribution in [0.15, 0.2) is 36.4 Å². The summed E-state index contributed by atoms with van der Waals surface area (Å²) in [7, 11) is 7.86. The summed E-state index contributed by atoms with van der Waals surface area (Å²) < 4.78 is 21.6. The Morgan fingerprint density at radius 2 is 1.40 bits per heavy atom. The monoisotopic (exact) mass is 411 g/mol. The summed E-state index contributed by atoms with van der Waals surface area (Å²) in [5.74, 6) is 1.96.